The smallest absolute Gasteiger partial charge is 0.126 e. The fraction of sp³-hybridized carbons (Fsp3) is 0.368. The van der Waals surface area contributed by atoms with Crippen LogP contribution in [0.2, 0.25) is 0 Å². The number of hydrogen-bond acceptors (Lipinski definition) is 5. The molecule has 0 aliphatic carbocycles. The first-order valence-electron chi connectivity index (χ1n) is 8.19. The van der Waals surface area contributed by atoms with Crippen molar-refractivity contribution >= 4 is 0 Å². The van der Waals surface area contributed by atoms with Crippen molar-refractivity contribution in [2.45, 2.75) is 31.7 Å². The van der Waals surface area contributed by atoms with E-state index in [1.165, 1.54) is 19.1 Å². The van der Waals surface area contributed by atoms with Crippen LogP contribution in [0.25, 0.3) is 0 Å². The van der Waals surface area contributed by atoms with Gasteiger partial charge in [0.1, 0.15) is 23.1 Å². The number of ether oxygens (including phenoxy) is 2. The van der Waals surface area contributed by atoms with Gasteiger partial charge in [0.2, 0.25) is 0 Å². The highest BCUT2D eigenvalue weighted by molar-refractivity contribution is 5.38. The van der Waals surface area contributed by atoms with Gasteiger partial charge in [0, 0.05) is 24.7 Å². The van der Waals surface area contributed by atoms with E-state index in [2.05, 4.69) is 5.32 Å². The Bertz CT molecular complexity index is 698. The summed E-state index contributed by atoms with van der Waals surface area (Å²) in [6.07, 6.45) is -0.876. The highest BCUT2D eigenvalue weighted by Crippen LogP contribution is 2.25. The number of hydrogen-bond donors (Lipinski definition) is 3. The monoisotopic (exact) mass is 366 g/mol. The second-order valence-corrected chi connectivity index (χ2v) is 6.10. The summed E-state index contributed by atoms with van der Waals surface area (Å²) in [4.78, 5) is 0. The van der Waals surface area contributed by atoms with Gasteiger partial charge in [-0.25, -0.2) is 8.78 Å². The van der Waals surface area contributed by atoms with Gasteiger partial charge in [0.05, 0.1) is 26.4 Å². The van der Waals surface area contributed by atoms with Crippen molar-refractivity contribution in [3.63, 3.8) is 0 Å². The van der Waals surface area contributed by atoms with E-state index in [1.54, 1.807) is 20.3 Å². The fourth-order valence-electron chi connectivity index (χ4n) is 2.71. The molecule has 0 saturated heterocycles. The minimum atomic E-state index is -0.876. The Balaban J connectivity index is 2.27. The summed E-state index contributed by atoms with van der Waals surface area (Å²) in [5.74, 6) is -0.163. The van der Waals surface area contributed by atoms with Crippen LogP contribution in [0.3, 0.4) is 0 Å². The summed E-state index contributed by atoms with van der Waals surface area (Å²) in [5, 5.41) is 13.0. The molecule has 2 aromatic rings. The van der Waals surface area contributed by atoms with Gasteiger partial charge in [0.25, 0.3) is 0 Å². The molecule has 2 aromatic carbocycles. The molecule has 3 atom stereocenters. The predicted octanol–water partition coefficient (Wildman–Crippen LogP) is 2.52. The molecule has 0 spiro atoms. The number of rotatable bonds is 8. The second-order valence-electron chi connectivity index (χ2n) is 6.10. The lowest BCUT2D eigenvalue weighted by Crippen LogP contribution is -2.44. The van der Waals surface area contributed by atoms with E-state index in [-0.39, 0.29) is 0 Å². The molecular formula is C19H24F2N2O3. The van der Waals surface area contributed by atoms with Crippen molar-refractivity contribution < 1.29 is 23.4 Å². The summed E-state index contributed by atoms with van der Waals surface area (Å²) in [5.41, 5.74) is 7.22. The number of nitrogens with one attached hydrogen (secondary N) is 1. The third-order valence-corrected chi connectivity index (χ3v) is 4.12. The largest absolute Gasteiger partial charge is 0.497 e. The molecule has 0 aliphatic rings. The molecule has 0 aliphatic heterocycles. The van der Waals surface area contributed by atoms with Crippen LogP contribution < -0.4 is 20.5 Å². The van der Waals surface area contributed by atoms with Crippen molar-refractivity contribution in [3.05, 3.63) is 59.2 Å². The molecule has 2 rings (SSSR count). The number of aliphatic hydroxyl groups excluding tert-OH is 1. The number of methoxy groups -OCH3 is 2. The minimum absolute atomic E-state index is 0.325. The Morgan fingerprint density at radius 3 is 2.00 bits per heavy atom. The third kappa shape index (κ3) is 5.14. The van der Waals surface area contributed by atoms with Crippen molar-refractivity contribution in [1.29, 1.82) is 0 Å². The molecule has 0 fully saturated rings. The lowest BCUT2D eigenvalue weighted by Gasteiger charge is -2.28. The molecule has 5 nitrogen and oxygen atoms in total. The molecule has 26 heavy (non-hydrogen) atoms. The summed E-state index contributed by atoms with van der Waals surface area (Å²) in [6, 6.07) is 7.15. The highest BCUT2D eigenvalue weighted by atomic mass is 19.1. The molecule has 1 unspecified atom stereocenters. The van der Waals surface area contributed by atoms with Crippen LogP contribution in [-0.2, 0) is 6.54 Å². The zero-order valence-corrected chi connectivity index (χ0v) is 15.0. The van der Waals surface area contributed by atoms with Crippen molar-refractivity contribution in [2.24, 2.45) is 5.73 Å². The maximum absolute atomic E-state index is 13.6. The standard InChI is InChI=1S/C19H24F2N2O3/c1-11(24)18(22)19(13-6-14(20)8-15(21)7-13)23-10-12-4-16(25-2)9-17(5-12)26-3/h4-9,11,18-19,23-24H,10,22H2,1-3H3/t11-,18-,19?/m1/s1. The molecule has 7 heteroatoms. The molecule has 142 valence electrons. The van der Waals surface area contributed by atoms with Gasteiger partial charge in [-0.2, -0.15) is 0 Å². The van der Waals surface area contributed by atoms with Crippen molar-refractivity contribution in [3.8, 4) is 11.5 Å². The minimum Gasteiger partial charge on any atom is -0.497 e. The molecule has 4 N–H and O–H groups in total. The van der Waals surface area contributed by atoms with Gasteiger partial charge in [-0.15, -0.1) is 0 Å². The van der Waals surface area contributed by atoms with E-state index in [0.29, 0.717) is 23.6 Å². The Kier molecular flexibility index (Phi) is 6.90. The maximum atomic E-state index is 13.6. The highest BCUT2D eigenvalue weighted by Gasteiger charge is 2.24. The number of halogens is 2. The van der Waals surface area contributed by atoms with Gasteiger partial charge in [-0.1, -0.05) is 0 Å². The zero-order valence-electron chi connectivity index (χ0n) is 15.0. The molecule has 0 radical (unpaired) electrons. The lowest BCUT2D eigenvalue weighted by atomic mass is 9.95. The van der Waals surface area contributed by atoms with Crippen LogP contribution in [0.5, 0.6) is 11.5 Å². The van der Waals surface area contributed by atoms with E-state index in [9.17, 15) is 13.9 Å². The molecule has 0 saturated carbocycles. The van der Waals surface area contributed by atoms with Crippen LogP contribution in [0.4, 0.5) is 8.78 Å². The van der Waals surface area contributed by atoms with Gasteiger partial charge in [-0.05, 0) is 42.3 Å². The van der Waals surface area contributed by atoms with Crippen LogP contribution in [0.15, 0.2) is 36.4 Å². The Hall–Kier alpha value is -2.22. The van der Waals surface area contributed by atoms with Crippen LogP contribution >= 0.6 is 0 Å². The molecule has 0 aromatic heterocycles. The Labute approximate surface area is 151 Å². The van der Waals surface area contributed by atoms with Gasteiger partial charge in [-0.3, -0.25) is 0 Å². The van der Waals surface area contributed by atoms with E-state index in [1.807, 2.05) is 12.1 Å². The molecule has 0 heterocycles. The summed E-state index contributed by atoms with van der Waals surface area (Å²) in [6.45, 7) is 1.86. The Morgan fingerprint density at radius 1 is 1.00 bits per heavy atom. The first-order valence-corrected chi connectivity index (χ1v) is 8.19. The number of aliphatic hydroxyl groups is 1. The summed E-state index contributed by atoms with van der Waals surface area (Å²) >= 11 is 0. The van der Waals surface area contributed by atoms with Gasteiger partial charge >= 0.3 is 0 Å². The molecule has 0 bridgehead atoms. The van der Waals surface area contributed by atoms with Gasteiger partial charge < -0.3 is 25.6 Å². The van der Waals surface area contributed by atoms with E-state index in [4.69, 9.17) is 15.2 Å². The average Bonchev–Trinajstić information content (AvgIpc) is 2.60. The normalized spacial score (nSPS) is 14.6. The first kappa shape index (κ1) is 20.1. The fourth-order valence-corrected chi connectivity index (χ4v) is 2.71. The first-order chi connectivity index (χ1) is 12.3. The van der Waals surface area contributed by atoms with Crippen molar-refractivity contribution in [2.75, 3.05) is 14.2 Å². The van der Waals surface area contributed by atoms with Gasteiger partial charge in [0.15, 0.2) is 0 Å². The number of benzene rings is 2. The van der Waals surface area contributed by atoms with Crippen molar-refractivity contribution in [1.82, 2.24) is 5.32 Å². The number of nitrogens with two attached hydrogens (primary N) is 1. The van der Waals surface area contributed by atoms with Crippen LogP contribution in [0, 0.1) is 11.6 Å². The predicted molar refractivity (Wildman–Crippen MR) is 95.1 cm³/mol. The molecular weight excluding hydrogens is 342 g/mol. The molecule has 0 amide bonds. The topological polar surface area (TPSA) is 76.7 Å². The lowest BCUT2D eigenvalue weighted by molar-refractivity contribution is 0.142. The SMILES string of the molecule is COc1cc(CNC(c2cc(F)cc(F)c2)[C@H](N)[C@@H](C)O)cc(OC)c1. The zero-order chi connectivity index (χ0) is 19.3. The quantitative estimate of drug-likeness (QED) is 0.669. The average molecular weight is 366 g/mol. The second kappa shape index (κ2) is 8.93. The maximum Gasteiger partial charge on any atom is 0.126 e. The summed E-state index contributed by atoms with van der Waals surface area (Å²) < 4.78 is 37.7. The Morgan fingerprint density at radius 2 is 1.54 bits per heavy atom. The van der Waals surface area contributed by atoms with E-state index < -0.39 is 29.8 Å². The third-order valence-electron chi connectivity index (χ3n) is 4.12. The van der Waals surface area contributed by atoms with Crippen LogP contribution in [-0.4, -0.2) is 31.5 Å². The summed E-state index contributed by atoms with van der Waals surface area (Å²) in [7, 11) is 3.10. The van der Waals surface area contributed by atoms with Crippen LogP contribution in [0.1, 0.15) is 24.1 Å². The van der Waals surface area contributed by atoms with E-state index >= 15 is 0 Å². The van der Waals surface area contributed by atoms with E-state index in [0.717, 1.165) is 11.6 Å².